The number of aliphatic hydroxyl groups is 1. The fourth-order valence-corrected chi connectivity index (χ4v) is 3.83. The zero-order chi connectivity index (χ0) is 22.0. The molecule has 1 rings (SSSR count). The van der Waals surface area contributed by atoms with E-state index in [1.165, 1.54) is 0 Å². The van der Waals surface area contributed by atoms with Gasteiger partial charge in [-0.2, -0.15) is 0 Å². The first-order valence-electron chi connectivity index (χ1n) is 11.0. The van der Waals surface area contributed by atoms with Gasteiger partial charge in [-0.1, -0.05) is 101 Å². The molecular weight excluding hydrogens is 372 g/mol. The number of rotatable bonds is 8. The Hall–Kier alpha value is -1.52. The van der Waals surface area contributed by atoms with E-state index < -0.39 is 20.0 Å². The summed E-state index contributed by atoms with van der Waals surface area (Å²) in [6, 6.07) is 9.94. The average Bonchev–Trinajstić information content (AvgIpc) is 2.67. The maximum atomic E-state index is 11.7. The Labute approximate surface area is 180 Å². The van der Waals surface area contributed by atoms with Crippen molar-refractivity contribution in [1.82, 2.24) is 0 Å². The van der Waals surface area contributed by atoms with Gasteiger partial charge < -0.3 is 9.53 Å². The largest absolute Gasteiger partial charge is 0.405 e. The Morgan fingerprint density at radius 1 is 0.931 bits per heavy atom. The summed E-state index contributed by atoms with van der Waals surface area (Å²) >= 11 is 0. The van der Waals surface area contributed by atoms with Crippen molar-refractivity contribution in [2.45, 2.75) is 103 Å². The maximum Gasteiger partial charge on any atom is 0.217 e. The van der Waals surface area contributed by atoms with E-state index in [0.29, 0.717) is 0 Å². The van der Waals surface area contributed by atoms with Crippen LogP contribution in [0.3, 0.4) is 0 Å². The van der Waals surface area contributed by atoms with Gasteiger partial charge in [0.05, 0.1) is 0 Å². The molecule has 0 saturated heterocycles. The normalized spacial score (nSPS) is 13.1. The SMILES string of the molecule is CCCCC#CC(O)(C#CCCCC)C(O[Si](C)(C)C(C)(C)C)c1ccccc1. The lowest BCUT2D eigenvalue weighted by Gasteiger charge is -2.42. The highest BCUT2D eigenvalue weighted by Gasteiger charge is 2.45. The highest BCUT2D eigenvalue weighted by Crippen LogP contribution is 2.42. The number of hydrogen-bond acceptors (Lipinski definition) is 2. The highest BCUT2D eigenvalue weighted by molar-refractivity contribution is 6.74. The smallest absolute Gasteiger partial charge is 0.217 e. The molecule has 0 heterocycles. The van der Waals surface area contributed by atoms with Gasteiger partial charge in [-0.3, -0.25) is 0 Å². The van der Waals surface area contributed by atoms with Crippen molar-refractivity contribution >= 4 is 8.32 Å². The summed E-state index contributed by atoms with van der Waals surface area (Å²) in [6.07, 6.45) is 5.13. The van der Waals surface area contributed by atoms with Crippen LogP contribution < -0.4 is 0 Å². The Kier molecular flexibility index (Phi) is 10.2. The summed E-state index contributed by atoms with van der Waals surface area (Å²) in [5.74, 6) is 12.6. The van der Waals surface area contributed by atoms with E-state index in [-0.39, 0.29) is 5.04 Å². The molecule has 0 bridgehead atoms. The van der Waals surface area contributed by atoms with Gasteiger partial charge >= 0.3 is 0 Å². The second-order valence-electron chi connectivity index (χ2n) is 9.25. The van der Waals surface area contributed by atoms with E-state index in [9.17, 15) is 5.11 Å². The third-order valence-corrected chi connectivity index (χ3v) is 10.0. The van der Waals surface area contributed by atoms with E-state index in [2.05, 4.69) is 71.4 Å². The standard InChI is InChI=1S/C26H40O2Si/c1-8-10-12-17-21-26(27,22-18-13-11-9-2)24(23-19-15-14-16-20-23)28-29(6,7)25(3,4)5/h14-16,19-20,24,27H,8-13H2,1-7H3. The summed E-state index contributed by atoms with van der Waals surface area (Å²) in [6.45, 7) is 15.3. The highest BCUT2D eigenvalue weighted by atomic mass is 28.4. The molecule has 1 aromatic carbocycles. The quantitative estimate of drug-likeness (QED) is 0.287. The zero-order valence-corrected chi connectivity index (χ0v) is 20.6. The van der Waals surface area contributed by atoms with Crippen molar-refractivity contribution in [3.8, 4) is 23.7 Å². The third-order valence-electron chi connectivity index (χ3n) is 5.57. The first-order chi connectivity index (χ1) is 13.6. The molecule has 160 valence electrons. The summed E-state index contributed by atoms with van der Waals surface area (Å²) in [5.41, 5.74) is -0.590. The van der Waals surface area contributed by atoms with Crippen LogP contribution in [0.15, 0.2) is 30.3 Å². The summed E-state index contributed by atoms with van der Waals surface area (Å²) in [5, 5.41) is 11.7. The van der Waals surface area contributed by atoms with Crippen LogP contribution >= 0.6 is 0 Å². The molecular formula is C26H40O2Si. The van der Waals surface area contributed by atoms with Gasteiger partial charge in [-0.25, -0.2) is 0 Å². The van der Waals surface area contributed by atoms with Crippen molar-refractivity contribution in [2.24, 2.45) is 0 Å². The molecule has 1 aromatic rings. The monoisotopic (exact) mass is 412 g/mol. The van der Waals surface area contributed by atoms with Crippen molar-refractivity contribution in [1.29, 1.82) is 0 Å². The van der Waals surface area contributed by atoms with Crippen LogP contribution in [-0.2, 0) is 4.43 Å². The summed E-state index contributed by atoms with van der Waals surface area (Å²) < 4.78 is 6.75. The fraction of sp³-hybridized carbons (Fsp3) is 0.615. The van der Waals surface area contributed by atoms with Crippen LogP contribution in [0.1, 0.15) is 84.8 Å². The molecule has 29 heavy (non-hydrogen) atoms. The lowest BCUT2D eigenvalue weighted by molar-refractivity contribution is 0.0149. The van der Waals surface area contributed by atoms with Crippen molar-refractivity contribution in [3.05, 3.63) is 35.9 Å². The predicted molar refractivity (Wildman–Crippen MR) is 127 cm³/mol. The minimum atomic E-state index is -2.16. The van der Waals surface area contributed by atoms with E-state index in [1.807, 2.05) is 30.3 Å². The van der Waals surface area contributed by atoms with Gasteiger partial charge in [0.1, 0.15) is 6.10 Å². The second-order valence-corrected chi connectivity index (χ2v) is 14.0. The molecule has 1 N–H and O–H groups in total. The molecule has 0 aliphatic rings. The lowest BCUT2D eigenvalue weighted by Crippen LogP contribution is -2.47. The Bertz CT molecular complexity index is 697. The molecule has 0 fully saturated rings. The van der Waals surface area contributed by atoms with Gasteiger partial charge in [-0.05, 0) is 36.5 Å². The molecule has 0 amide bonds. The first kappa shape index (κ1) is 25.5. The lowest BCUT2D eigenvalue weighted by atomic mass is 9.91. The molecule has 0 aliphatic carbocycles. The van der Waals surface area contributed by atoms with Gasteiger partial charge in [0.15, 0.2) is 8.32 Å². The van der Waals surface area contributed by atoms with Gasteiger partial charge in [0, 0.05) is 12.8 Å². The Morgan fingerprint density at radius 3 is 1.83 bits per heavy atom. The van der Waals surface area contributed by atoms with E-state index in [4.69, 9.17) is 4.43 Å². The zero-order valence-electron chi connectivity index (χ0n) is 19.6. The van der Waals surface area contributed by atoms with Crippen LogP contribution in [0.5, 0.6) is 0 Å². The van der Waals surface area contributed by atoms with Crippen LogP contribution in [0, 0.1) is 23.7 Å². The number of unbranched alkanes of at least 4 members (excludes halogenated alkanes) is 4. The fourth-order valence-electron chi connectivity index (χ4n) is 2.58. The maximum absolute atomic E-state index is 11.7. The molecule has 3 heteroatoms. The molecule has 1 atom stereocenters. The molecule has 0 radical (unpaired) electrons. The minimum absolute atomic E-state index is 0.0201. The molecule has 1 unspecified atom stereocenters. The molecule has 0 saturated carbocycles. The van der Waals surface area contributed by atoms with E-state index in [1.54, 1.807) is 0 Å². The molecule has 0 spiro atoms. The van der Waals surface area contributed by atoms with Crippen molar-refractivity contribution in [2.75, 3.05) is 0 Å². The number of benzene rings is 1. The van der Waals surface area contributed by atoms with Crippen molar-refractivity contribution in [3.63, 3.8) is 0 Å². The minimum Gasteiger partial charge on any atom is -0.405 e. The van der Waals surface area contributed by atoms with Crippen LogP contribution in [0.4, 0.5) is 0 Å². The van der Waals surface area contributed by atoms with Crippen LogP contribution in [0.2, 0.25) is 18.1 Å². The van der Waals surface area contributed by atoms with Crippen LogP contribution in [0.25, 0.3) is 0 Å². The van der Waals surface area contributed by atoms with Crippen molar-refractivity contribution < 1.29 is 9.53 Å². The van der Waals surface area contributed by atoms with Crippen LogP contribution in [-0.4, -0.2) is 19.0 Å². The second kappa shape index (κ2) is 11.6. The van der Waals surface area contributed by atoms with Gasteiger partial charge in [-0.15, -0.1) is 0 Å². The third kappa shape index (κ3) is 8.02. The Balaban J connectivity index is 3.43. The summed E-state index contributed by atoms with van der Waals surface area (Å²) in [7, 11) is -2.16. The van der Waals surface area contributed by atoms with Gasteiger partial charge in [0.2, 0.25) is 5.60 Å². The molecule has 2 nitrogen and oxygen atoms in total. The predicted octanol–water partition coefficient (Wildman–Crippen LogP) is 6.87. The summed E-state index contributed by atoms with van der Waals surface area (Å²) in [4.78, 5) is 0. The molecule has 0 aromatic heterocycles. The van der Waals surface area contributed by atoms with Gasteiger partial charge in [0.25, 0.3) is 0 Å². The first-order valence-corrected chi connectivity index (χ1v) is 13.9. The Morgan fingerprint density at radius 2 is 1.41 bits per heavy atom. The average molecular weight is 413 g/mol. The van der Waals surface area contributed by atoms with E-state index in [0.717, 1.165) is 44.1 Å². The number of hydrogen-bond donors (Lipinski definition) is 1. The topological polar surface area (TPSA) is 29.5 Å². The molecule has 0 aliphatic heterocycles. The van der Waals surface area contributed by atoms with E-state index >= 15 is 0 Å².